The average Bonchev–Trinajstić information content (AvgIpc) is 3.41. The maximum absolute atomic E-state index is 15.6. The van der Waals surface area contributed by atoms with Crippen molar-refractivity contribution in [1.29, 1.82) is 0 Å². The van der Waals surface area contributed by atoms with Gasteiger partial charge >= 0.3 is 0 Å². The van der Waals surface area contributed by atoms with Crippen LogP contribution in [0.2, 0.25) is 0 Å². The van der Waals surface area contributed by atoms with Gasteiger partial charge in [0.1, 0.15) is 16.4 Å². The van der Waals surface area contributed by atoms with Gasteiger partial charge in [-0.2, -0.15) is 0 Å². The zero-order valence-electron chi connectivity index (χ0n) is 17.5. The first-order chi connectivity index (χ1) is 15.2. The molecule has 0 bridgehead atoms. The summed E-state index contributed by atoms with van der Waals surface area (Å²) in [5.74, 6) is 3.69. The highest BCUT2D eigenvalue weighted by Gasteiger charge is 2.40. The van der Waals surface area contributed by atoms with Gasteiger partial charge in [-0.1, -0.05) is 42.5 Å². The summed E-state index contributed by atoms with van der Waals surface area (Å²) >= 11 is 2.92. The zero-order chi connectivity index (χ0) is 22.7. The molecule has 5 nitrogen and oxygen atoms in total. The molecular formula is C23H21FN4OS3. The van der Waals surface area contributed by atoms with E-state index in [1.54, 1.807) is 37.6 Å². The third kappa shape index (κ3) is 3.32. The van der Waals surface area contributed by atoms with Crippen molar-refractivity contribution in [2.75, 3.05) is 12.8 Å². The molecular weight excluding hydrogens is 463 g/mol. The summed E-state index contributed by atoms with van der Waals surface area (Å²) in [6, 6.07) is 13.7. The number of nitrogens with two attached hydrogens (primary N) is 1. The van der Waals surface area contributed by atoms with E-state index < -0.39 is 15.2 Å². The summed E-state index contributed by atoms with van der Waals surface area (Å²) in [7, 11) is -1.10. The lowest BCUT2D eigenvalue weighted by atomic mass is 10.00. The molecule has 0 fully saturated rings. The van der Waals surface area contributed by atoms with Gasteiger partial charge in [0.2, 0.25) is 5.96 Å². The quantitative estimate of drug-likeness (QED) is 0.419. The minimum atomic E-state index is -2.70. The third-order valence-corrected chi connectivity index (χ3v) is 10.2. The minimum Gasteiger partial charge on any atom is -0.369 e. The molecule has 0 saturated heterocycles. The standard InChI is InChI=1S/C23H21FN4OS3/c1-23(13-32(3,29)28(2)22(25)27-23)20-18(24)17-6-4-5-16(19(17)31-20)14-7-9-15(10-8-14)21-26-11-12-30-21/h4-12H,3,13H2,1-2H3,(H2,25,27)/t23-,32?/m0/s1. The third-order valence-electron chi connectivity index (χ3n) is 5.71. The second-order valence-corrected chi connectivity index (χ2v) is 12.3. The molecule has 2 aromatic carbocycles. The van der Waals surface area contributed by atoms with E-state index in [0.717, 1.165) is 26.4 Å². The number of aromatic nitrogens is 1. The maximum Gasteiger partial charge on any atom is 0.203 e. The summed E-state index contributed by atoms with van der Waals surface area (Å²) < 4.78 is 30.9. The van der Waals surface area contributed by atoms with Crippen LogP contribution < -0.4 is 5.73 Å². The summed E-state index contributed by atoms with van der Waals surface area (Å²) in [5, 5.41) is 3.43. The van der Waals surface area contributed by atoms with Crippen molar-refractivity contribution in [2.24, 2.45) is 10.7 Å². The molecule has 0 spiro atoms. The van der Waals surface area contributed by atoms with Gasteiger partial charge < -0.3 is 5.73 Å². The average molecular weight is 485 g/mol. The summed E-state index contributed by atoms with van der Waals surface area (Å²) in [5.41, 5.74) is 7.94. The van der Waals surface area contributed by atoms with Gasteiger partial charge in [0.05, 0.1) is 20.3 Å². The van der Waals surface area contributed by atoms with Crippen molar-refractivity contribution in [3.05, 3.63) is 64.7 Å². The number of thiophene rings is 1. The predicted molar refractivity (Wildman–Crippen MR) is 135 cm³/mol. The molecule has 0 amide bonds. The second-order valence-electron chi connectivity index (χ2n) is 8.00. The lowest BCUT2D eigenvalue weighted by Gasteiger charge is -2.36. The van der Waals surface area contributed by atoms with Crippen LogP contribution in [0.3, 0.4) is 0 Å². The van der Waals surface area contributed by atoms with Gasteiger partial charge in [0.15, 0.2) is 0 Å². The van der Waals surface area contributed by atoms with Crippen molar-refractivity contribution >= 4 is 54.3 Å². The van der Waals surface area contributed by atoms with Crippen LogP contribution in [0, 0.1) is 5.82 Å². The van der Waals surface area contributed by atoms with Crippen molar-refractivity contribution in [2.45, 2.75) is 12.5 Å². The SMILES string of the molecule is C=S1(=O)C[C@@](C)(c2sc3c(-c4ccc(-c5nccs5)cc4)cccc3c2F)N=C(N)N1C. The monoisotopic (exact) mass is 484 g/mol. The molecule has 1 aliphatic rings. The van der Waals surface area contributed by atoms with E-state index in [1.807, 2.05) is 41.8 Å². The minimum absolute atomic E-state index is 0.0960. The number of hydrogen-bond acceptors (Lipinski definition) is 6. The van der Waals surface area contributed by atoms with E-state index in [0.29, 0.717) is 10.3 Å². The normalized spacial score (nSPS) is 23.5. The molecule has 0 saturated carbocycles. The Morgan fingerprint density at radius 3 is 2.59 bits per heavy atom. The maximum atomic E-state index is 15.6. The van der Waals surface area contributed by atoms with Gasteiger partial charge in [-0.15, -0.1) is 22.7 Å². The summed E-state index contributed by atoms with van der Waals surface area (Å²) in [6.07, 6.45) is 1.79. The van der Waals surface area contributed by atoms with Crippen LogP contribution >= 0.6 is 22.7 Å². The fourth-order valence-corrected chi connectivity index (χ4v) is 7.70. The van der Waals surface area contributed by atoms with Crippen molar-refractivity contribution in [3.63, 3.8) is 0 Å². The number of guanidine groups is 1. The van der Waals surface area contributed by atoms with E-state index in [-0.39, 0.29) is 17.5 Å². The van der Waals surface area contributed by atoms with Crippen LogP contribution in [0.25, 0.3) is 31.8 Å². The smallest absolute Gasteiger partial charge is 0.203 e. The first kappa shape index (κ1) is 21.1. The number of halogens is 1. The van der Waals surface area contributed by atoms with Crippen LogP contribution in [0.15, 0.2) is 59.0 Å². The molecule has 2 atom stereocenters. The largest absolute Gasteiger partial charge is 0.369 e. The molecule has 5 rings (SSSR count). The van der Waals surface area contributed by atoms with Crippen molar-refractivity contribution in [1.82, 2.24) is 9.29 Å². The molecule has 2 aromatic heterocycles. The fraction of sp³-hybridized carbons (Fsp3) is 0.174. The Morgan fingerprint density at radius 2 is 1.94 bits per heavy atom. The Bertz CT molecular complexity index is 1460. The molecule has 32 heavy (non-hydrogen) atoms. The Labute approximate surface area is 194 Å². The molecule has 164 valence electrons. The lowest BCUT2D eigenvalue weighted by Crippen LogP contribution is -2.50. The molecule has 0 radical (unpaired) electrons. The molecule has 0 aliphatic carbocycles. The number of benzene rings is 2. The molecule has 9 heteroatoms. The van der Waals surface area contributed by atoms with Crippen molar-refractivity contribution < 1.29 is 8.60 Å². The van der Waals surface area contributed by atoms with Gasteiger partial charge in [-0.25, -0.2) is 18.6 Å². The number of thiazole rings is 1. The second kappa shape index (κ2) is 7.40. The number of nitrogens with zero attached hydrogens (tertiary/aromatic N) is 3. The molecule has 1 aliphatic heterocycles. The van der Waals surface area contributed by atoms with E-state index in [2.05, 4.69) is 15.8 Å². The summed E-state index contributed by atoms with van der Waals surface area (Å²) in [6.45, 7) is 1.77. The van der Waals surface area contributed by atoms with Crippen LogP contribution in [0.1, 0.15) is 11.8 Å². The summed E-state index contributed by atoms with van der Waals surface area (Å²) in [4.78, 5) is 9.30. The molecule has 2 N–H and O–H groups in total. The Kier molecular flexibility index (Phi) is 4.88. The highest BCUT2D eigenvalue weighted by atomic mass is 32.2. The van der Waals surface area contributed by atoms with Gasteiger partial charge in [-0.05, 0) is 23.9 Å². The predicted octanol–water partition coefficient (Wildman–Crippen LogP) is 4.94. The van der Waals surface area contributed by atoms with E-state index in [4.69, 9.17) is 5.73 Å². The zero-order valence-corrected chi connectivity index (χ0v) is 20.0. The van der Waals surface area contributed by atoms with Crippen LogP contribution in [0.4, 0.5) is 4.39 Å². The van der Waals surface area contributed by atoms with Crippen molar-refractivity contribution in [3.8, 4) is 21.7 Å². The number of hydrogen-bond donors (Lipinski definition) is 1. The van der Waals surface area contributed by atoms with E-state index >= 15 is 4.39 Å². The first-order valence-corrected chi connectivity index (χ1v) is 13.4. The number of fused-ring (bicyclic) bond motifs is 1. The first-order valence-electron chi connectivity index (χ1n) is 9.85. The van der Waals surface area contributed by atoms with E-state index in [1.165, 1.54) is 15.6 Å². The van der Waals surface area contributed by atoms with Crippen LogP contribution in [-0.2, 0) is 15.2 Å². The molecule has 1 unspecified atom stereocenters. The number of aliphatic imine (C=N–C) groups is 1. The molecule has 3 heterocycles. The Morgan fingerprint density at radius 1 is 1.22 bits per heavy atom. The van der Waals surface area contributed by atoms with E-state index in [9.17, 15) is 4.21 Å². The Balaban J connectivity index is 1.64. The van der Waals surface area contributed by atoms with Gasteiger partial charge in [0, 0.05) is 34.3 Å². The number of rotatable bonds is 3. The molecule has 4 aromatic rings. The topological polar surface area (TPSA) is 71.6 Å². The lowest BCUT2D eigenvalue weighted by molar-refractivity contribution is 0.495. The fourth-order valence-electron chi connectivity index (χ4n) is 4.00. The van der Waals surface area contributed by atoms with Crippen LogP contribution in [0.5, 0.6) is 0 Å². The van der Waals surface area contributed by atoms with Gasteiger partial charge in [0.25, 0.3) is 0 Å². The van der Waals surface area contributed by atoms with Crippen LogP contribution in [-0.4, -0.2) is 38.1 Å². The van der Waals surface area contributed by atoms with Gasteiger partial charge in [-0.3, -0.25) is 4.31 Å². The highest BCUT2D eigenvalue weighted by molar-refractivity contribution is 7.98. The Hall–Kier alpha value is -2.75. The highest BCUT2D eigenvalue weighted by Crippen LogP contribution is 2.44.